The van der Waals surface area contributed by atoms with Crippen LogP contribution in [0.3, 0.4) is 0 Å². The first-order valence-electron chi connectivity index (χ1n) is 7.90. The van der Waals surface area contributed by atoms with E-state index in [0.717, 1.165) is 17.9 Å². The lowest BCUT2D eigenvalue weighted by molar-refractivity contribution is 0.110. The number of aliphatic hydroxyl groups is 1. The Morgan fingerprint density at radius 3 is 2.86 bits per heavy atom. The van der Waals surface area contributed by atoms with Crippen LogP contribution in [-0.4, -0.2) is 61.3 Å². The van der Waals surface area contributed by atoms with Gasteiger partial charge >= 0.3 is 0 Å². The van der Waals surface area contributed by atoms with Crippen molar-refractivity contribution in [3.8, 4) is 5.75 Å². The molecule has 0 aliphatic carbocycles. The molecule has 2 atom stereocenters. The largest absolute Gasteiger partial charge is 0.493 e. The average molecular weight is 292 g/mol. The van der Waals surface area contributed by atoms with Gasteiger partial charge in [0.05, 0.1) is 12.7 Å². The zero-order chi connectivity index (χ0) is 15.2. The van der Waals surface area contributed by atoms with Gasteiger partial charge in [0, 0.05) is 24.7 Å². The first-order chi connectivity index (χ1) is 10.1. The minimum atomic E-state index is -0.510. The molecule has 1 aliphatic rings. The maximum atomic E-state index is 10.5. The molecule has 21 heavy (non-hydrogen) atoms. The highest BCUT2D eigenvalue weighted by atomic mass is 16.5. The van der Waals surface area contributed by atoms with Gasteiger partial charge in [-0.25, -0.2) is 0 Å². The molecule has 4 heteroatoms. The molecule has 1 aliphatic heterocycles. The summed E-state index contributed by atoms with van der Waals surface area (Å²) in [6.07, 6.45) is 2.03. The van der Waals surface area contributed by atoms with Gasteiger partial charge in [0.2, 0.25) is 0 Å². The van der Waals surface area contributed by atoms with E-state index in [0.29, 0.717) is 19.2 Å². The smallest absolute Gasteiger partial charge is 0.125 e. The number of hydrogen-bond acceptors (Lipinski definition) is 4. The van der Waals surface area contributed by atoms with Crippen molar-refractivity contribution in [3.05, 3.63) is 29.8 Å². The minimum Gasteiger partial charge on any atom is -0.493 e. The van der Waals surface area contributed by atoms with Gasteiger partial charge in [0.15, 0.2) is 0 Å². The van der Waals surface area contributed by atoms with Crippen molar-refractivity contribution in [3.63, 3.8) is 0 Å². The summed E-state index contributed by atoms with van der Waals surface area (Å²) in [7, 11) is 4.27. The van der Waals surface area contributed by atoms with E-state index in [2.05, 4.69) is 23.9 Å². The zero-order valence-electron chi connectivity index (χ0n) is 13.5. The Kier molecular flexibility index (Phi) is 6.03. The summed E-state index contributed by atoms with van der Waals surface area (Å²) in [6, 6.07) is 8.38. The van der Waals surface area contributed by atoms with Crippen molar-refractivity contribution >= 4 is 0 Å². The van der Waals surface area contributed by atoms with Gasteiger partial charge in [0.1, 0.15) is 5.75 Å². The predicted octanol–water partition coefficient (Wildman–Crippen LogP) is 2.14. The van der Waals surface area contributed by atoms with Crippen LogP contribution in [0.1, 0.15) is 31.4 Å². The molecule has 1 saturated heterocycles. The summed E-state index contributed by atoms with van der Waals surface area (Å²) >= 11 is 0. The Hall–Kier alpha value is -1.10. The van der Waals surface area contributed by atoms with Crippen LogP contribution in [0, 0.1) is 0 Å². The monoisotopic (exact) mass is 292 g/mol. The van der Waals surface area contributed by atoms with E-state index in [4.69, 9.17) is 4.74 Å². The number of rotatable bonds is 7. The first-order valence-corrected chi connectivity index (χ1v) is 7.90. The number of hydrogen-bond donors (Lipinski definition) is 1. The number of benzene rings is 1. The average Bonchev–Trinajstić information content (AvgIpc) is 2.85. The maximum absolute atomic E-state index is 10.5. The number of likely N-dealkylation sites (tertiary alicyclic amines) is 1. The van der Waals surface area contributed by atoms with Crippen LogP contribution >= 0.6 is 0 Å². The third-order valence-electron chi connectivity index (χ3n) is 4.26. The summed E-state index contributed by atoms with van der Waals surface area (Å²) in [6.45, 7) is 5.41. The number of ether oxygens (including phenoxy) is 1. The van der Waals surface area contributed by atoms with E-state index in [1.165, 1.54) is 19.4 Å². The van der Waals surface area contributed by atoms with Gasteiger partial charge in [-0.05, 0) is 46.5 Å². The molecule has 1 heterocycles. The van der Waals surface area contributed by atoms with Crippen molar-refractivity contribution in [2.24, 2.45) is 0 Å². The normalized spacial score (nSPS) is 20.9. The summed E-state index contributed by atoms with van der Waals surface area (Å²) in [5.41, 5.74) is 0.881. The van der Waals surface area contributed by atoms with Crippen LogP contribution in [0.4, 0.5) is 0 Å². The molecule has 0 saturated carbocycles. The molecular formula is C17H28N2O2. The highest BCUT2D eigenvalue weighted by Gasteiger charge is 2.23. The molecule has 0 amide bonds. The van der Waals surface area contributed by atoms with Crippen LogP contribution in [0.15, 0.2) is 24.3 Å². The third-order valence-corrected chi connectivity index (χ3v) is 4.26. The number of para-hydroxylation sites is 1. The molecule has 0 radical (unpaired) electrons. The molecule has 2 unspecified atom stereocenters. The van der Waals surface area contributed by atoms with Crippen LogP contribution in [0.25, 0.3) is 0 Å². The van der Waals surface area contributed by atoms with Crippen molar-refractivity contribution in [2.45, 2.75) is 31.9 Å². The summed E-state index contributed by atoms with van der Waals surface area (Å²) < 4.78 is 5.60. The molecule has 118 valence electrons. The van der Waals surface area contributed by atoms with E-state index in [1.54, 1.807) is 0 Å². The molecule has 1 aromatic rings. The lowest BCUT2D eigenvalue weighted by Crippen LogP contribution is -2.38. The molecule has 0 bridgehead atoms. The molecule has 1 aromatic carbocycles. The van der Waals surface area contributed by atoms with Crippen molar-refractivity contribution in [1.29, 1.82) is 0 Å². The van der Waals surface area contributed by atoms with Gasteiger partial charge in [0.25, 0.3) is 0 Å². The zero-order valence-corrected chi connectivity index (χ0v) is 13.5. The van der Waals surface area contributed by atoms with Gasteiger partial charge in [-0.1, -0.05) is 18.2 Å². The Bertz CT molecular complexity index is 439. The molecule has 2 rings (SSSR count). The van der Waals surface area contributed by atoms with E-state index in [-0.39, 0.29) is 0 Å². The van der Waals surface area contributed by atoms with Gasteiger partial charge in [-0.2, -0.15) is 0 Å². The highest BCUT2D eigenvalue weighted by molar-refractivity contribution is 5.35. The summed E-state index contributed by atoms with van der Waals surface area (Å²) in [5, 5.41) is 10.5. The first kappa shape index (κ1) is 16.3. The van der Waals surface area contributed by atoms with Crippen molar-refractivity contribution < 1.29 is 9.84 Å². The fourth-order valence-electron chi connectivity index (χ4n) is 3.08. The number of nitrogens with zero attached hydrogens (tertiary/aromatic N) is 2. The van der Waals surface area contributed by atoms with Crippen LogP contribution in [0.5, 0.6) is 5.75 Å². The SMILES string of the molecule is CCOc1ccccc1C(O)CN(C)CC1CCCN1C. The van der Waals surface area contributed by atoms with Gasteiger partial charge in [-0.3, -0.25) is 0 Å². The van der Waals surface area contributed by atoms with E-state index in [9.17, 15) is 5.11 Å². The van der Waals surface area contributed by atoms with Crippen LogP contribution < -0.4 is 4.74 Å². The van der Waals surface area contributed by atoms with Crippen LogP contribution in [0.2, 0.25) is 0 Å². The second kappa shape index (κ2) is 7.78. The Labute approximate surface area is 128 Å². The molecule has 1 N–H and O–H groups in total. The minimum absolute atomic E-state index is 0.510. The quantitative estimate of drug-likeness (QED) is 0.835. The standard InChI is InChI=1S/C17H28N2O2/c1-4-21-17-10-6-5-9-15(17)16(20)13-18(2)12-14-8-7-11-19(14)3/h5-6,9-10,14,16,20H,4,7-8,11-13H2,1-3H3. The lowest BCUT2D eigenvalue weighted by Gasteiger charge is -2.27. The van der Waals surface area contributed by atoms with Crippen molar-refractivity contribution in [2.75, 3.05) is 40.3 Å². The topological polar surface area (TPSA) is 35.9 Å². The predicted molar refractivity (Wildman–Crippen MR) is 85.7 cm³/mol. The van der Waals surface area contributed by atoms with Crippen LogP contribution in [-0.2, 0) is 0 Å². The molecule has 4 nitrogen and oxygen atoms in total. The van der Waals surface area contributed by atoms with E-state index < -0.39 is 6.10 Å². The van der Waals surface area contributed by atoms with Gasteiger partial charge < -0.3 is 19.6 Å². The number of aliphatic hydroxyl groups excluding tert-OH is 1. The fourth-order valence-corrected chi connectivity index (χ4v) is 3.08. The highest BCUT2D eigenvalue weighted by Crippen LogP contribution is 2.26. The lowest BCUT2D eigenvalue weighted by atomic mass is 10.1. The molecule has 1 fully saturated rings. The molecule has 0 aromatic heterocycles. The van der Waals surface area contributed by atoms with E-state index >= 15 is 0 Å². The molecular weight excluding hydrogens is 264 g/mol. The van der Waals surface area contributed by atoms with E-state index in [1.807, 2.05) is 31.2 Å². The Morgan fingerprint density at radius 2 is 2.19 bits per heavy atom. The summed E-state index contributed by atoms with van der Waals surface area (Å²) in [5.74, 6) is 0.791. The second-order valence-corrected chi connectivity index (χ2v) is 5.98. The van der Waals surface area contributed by atoms with Crippen molar-refractivity contribution in [1.82, 2.24) is 9.80 Å². The third kappa shape index (κ3) is 4.43. The fraction of sp³-hybridized carbons (Fsp3) is 0.647. The maximum Gasteiger partial charge on any atom is 0.125 e. The Morgan fingerprint density at radius 1 is 1.43 bits per heavy atom. The Balaban J connectivity index is 1.92. The second-order valence-electron chi connectivity index (χ2n) is 5.98. The number of likely N-dealkylation sites (N-methyl/N-ethyl adjacent to an activating group) is 2. The molecule has 0 spiro atoms. The summed E-state index contributed by atoms with van der Waals surface area (Å²) in [4.78, 5) is 4.64. The van der Waals surface area contributed by atoms with Gasteiger partial charge in [-0.15, -0.1) is 0 Å².